The number of carbonyl (C=O) groups excluding carboxylic acids is 2. The highest BCUT2D eigenvalue weighted by Gasteiger charge is 2.47. The number of anilines is 1. The van der Waals surface area contributed by atoms with Gasteiger partial charge >= 0.3 is 0 Å². The number of aliphatic hydroxyl groups is 1. The molecule has 0 saturated carbocycles. The third-order valence-electron chi connectivity index (χ3n) is 5.93. The van der Waals surface area contributed by atoms with Gasteiger partial charge in [-0.25, -0.2) is 0 Å². The Hall–Kier alpha value is -3.77. The van der Waals surface area contributed by atoms with Gasteiger partial charge in [-0.15, -0.1) is 0 Å². The molecule has 1 N–H and O–H groups in total. The summed E-state index contributed by atoms with van der Waals surface area (Å²) >= 11 is 6.20. The van der Waals surface area contributed by atoms with Crippen molar-refractivity contribution in [3.8, 4) is 11.5 Å². The Morgan fingerprint density at radius 3 is 2.44 bits per heavy atom. The van der Waals surface area contributed by atoms with Gasteiger partial charge in [0.1, 0.15) is 17.3 Å². The topological polar surface area (TPSA) is 76.1 Å². The summed E-state index contributed by atoms with van der Waals surface area (Å²) in [5.41, 5.74) is 2.35. The number of carbonyl (C=O) groups is 2. The smallest absolute Gasteiger partial charge is 0.300 e. The van der Waals surface area contributed by atoms with Gasteiger partial charge in [0.25, 0.3) is 11.7 Å². The van der Waals surface area contributed by atoms with Gasteiger partial charge in [0.05, 0.1) is 30.9 Å². The third-order valence-corrected chi connectivity index (χ3v) is 6.17. The number of aryl methyl sites for hydroxylation is 1. The van der Waals surface area contributed by atoms with Crippen molar-refractivity contribution in [3.63, 3.8) is 0 Å². The molecule has 1 fully saturated rings. The summed E-state index contributed by atoms with van der Waals surface area (Å²) in [6, 6.07) is 18.4. The Bertz CT molecular complexity index is 1330. The van der Waals surface area contributed by atoms with Crippen LogP contribution in [0.2, 0.25) is 5.02 Å². The fraction of sp³-hybridized carbons (Fsp3) is 0.241. The molecule has 0 aromatic heterocycles. The number of benzene rings is 3. The molecule has 7 heteroatoms. The van der Waals surface area contributed by atoms with Crippen molar-refractivity contribution in [2.24, 2.45) is 5.92 Å². The number of halogens is 1. The summed E-state index contributed by atoms with van der Waals surface area (Å²) in [5.74, 6) is -0.640. The summed E-state index contributed by atoms with van der Waals surface area (Å²) in [4.78, 5) is 28.2. The van der Waals surface area contributed by atoms with Gasteiger partial charge in [-0.1, -0.05) is 55.3 Å². The van der Waals surface area contributed by atoms with Gasteiger partial charge in [0.15, 0.2) is 0 Å². The number of hydrogen-bond donors (Lipinski definition) is 1. The van der Waals surface area contributed by atoms with Crippen LogP contribution in [0, 0.1) is 12.8 Å². The number of ether oxygens (including phenoxy) is 2. The Morgan fingerprint density at radius 2 is 1.78 bits per heavy atom. The summed E-state index contributed by atoms with van der Waals surface area (Å²) in [6.45, 7) is 6.56. The molecule has 186 valence electrons. The van der Waals surface area contributed by atoms with Gasteiger partial charge in [-0.2, -0.15) is 0 Å². The minimum atomic E-state index is -0.890. The molecular formula is C29H28ClNO5. The molecule has 3 aromatic carbocycles. The van der Waals surface area contributed by atoms with Crippen LogP contribution < -0.4 is 14.4 Å². The molecule has 1 aliphatic heterocycles. The summed E-state index contributed by atoms with van der Waals surface area (Å²) < 4.78 is 11.3. The molecule has 1 saturated heterocycles. The Labute approximate surface area is 215 Å². The van der Waals surface area contributed by atoms with Crippen molar-refractivity contribution in [1.82, 2.24) is 0 Å². The van der Waals surface area contributed by atoms with E-state index in [-0.39, 0.29) is 16.9 Å². The van der Waals surface area contributed by atoms with E-state index in [0.29, 0.717) is 40.3 Å². The zero-order valence-electron chi connectivity index (χ0n) is 20.6. The monoisotopic (exact) mass is 505 g/mol. The van der Waals surface area contributed by atoms with Crippen LogP contribution in [0.4, 0.5) is 5.69 Å². The molecular weight excluding hydrogens is 478 g/mol. The Kier molecular flexibility index (Phi) is 7.36. The predicted molar refractivity (Wildman–Crippen MR) is 141 cm³/mol. The van der Waals surface area contributed by atoms with Gasteiger partial charge < -0.3 is 14.6 Å². The van der Waals surface area contributed by atoms with Gasteiger partial charge in [0, 0.05) is 10.7 Å². The Balaban J connectivity index is 1.93. The first-order valence-electron chi connectivity index (χ1n) is 11.7. The van der Waals surface area contributed by atoms with Crippen LogP contribution in [0.5, 0.6) is 11.5 Å². The first-order chi connectivity index (χ1) is 17.2. The number of methoxy groups -OCH3 is 1. The van der Waals surface area contributed by atoms with Gasteiger partial charge in [0.2, 0.25) is 0 Å². The van der Waals surface area contributed by atoms with Crippen LogP contribution in [-0.2, 0) is 9.59 Å². The summed E-state index contributed by atoms with van der Waals surface area (Å²) in [5, 5.41) is 11.8. The van der Waals surface area contributed by atoms with Crippen molar-refractivity contribution >= 4 is 34.7 Å². The number of aliphatic hydroxyl groups excluding tert-OH is 1. The van der Waals surface area contributed by atoms with E-state index < -0.39 is 17.7 Å². The van der Waals surface area contributed by atoms with Crippen LogP contribution in [0.15, 0.2) is 72.3 Å². The molecule has 1 amide bonds. The van der Waals surface area contributed by atoms with E-state index in [0.717, 1.165) is 5.56 Å². The highest BCUT2D eigenvalue weighted by Crippen LogP contribution is 2.44. The SMILES string of the molecule is COc1ccc(Cl)cc1/C(O)=C1\C(=O)C(=O)N(c2ccc(C)cc2)C1c1cccc(OCC(C)C)c1. The fourth-order valence-electron chi connectivity index (χ4n) is 4.17. The van der Waals surface area contributed by atoms with Crippen molar-refractivity contribution in [3.05, 3.63) is 94.0 Å². The normalized spacial score (nSPS) is 17.1. The molecule has 3 aromatic rings. The highest BCUT2D eigenvalue weighted by atomic mass is 35.5. The predicted octanol–water partition coefficient (Wildman–Crippen LogP) is 6.32. The second-order valence-electron chi connectivity index (χ2n) is 9.13. The maximum Gasteiger partial charge on any atom is 0.300 e. The minimum Gasteiger partial charge on any atom is -0.507 e. The molecule has 0 spiro atoms. The van der Waals surface area contributed by atoms with Crippen LogP contribution in [0.1, 0.15) is 36.6 Å². The van der Waals surface area contributed by atoms with E-state index in [1.54, 1.807) is 36.4 Å². The number of rotatable bonds is 7. The average molecular weight is 506 g/mol. The number of nitrogens with zero attached hydrogens (tertiary/aromatic N) is 1. The lowest BCUT2D eigenvalue weighted by Crippen LogP contribution is -2.29. The Morgan fingerprint density at radius 1 is 1.06 bits per heavy atom. The lowest BCUT2D eigenvalue weighted by atomic mass is 9.94. The third kappa shape index (κ3) is 4.95. The zero-order valence-corrected chi connectivity index (χ0v) is 21.4. The molecule has 6 nitrogen and oxygen atoms in total. The van der Waals surface area contributed by atoms with Crippen molar-refractivity contribution in [2.75, 3.05) is 18.6 Å². The van der Waals surface area contributed by atoms with Gasteiger partial charge in [-0.3, -0.25) is 14.5 Å². The first kappa shape index (κ1) is 25.3. The summed E-state index contributed by atoms with van der Waals surface area (Å²) in [7, 11) is 1.46. The van der Waals surface area contributed by atoms with Crippen molar-refractivity contribution in [2.45, 2.75) is 26.8 Å². The highest BCUT2D eigenvalue weighted by molar-refractivity contribution is 6.51. The quantitative estimate of drug-likeness (QED) is 0.231. The maximum absolute atomic E-state index is 13.4. The molecule has 36 heavy (non-hydrogen) atoms. The molecule has 1 aliphatic rings. The van der Waals surface area contributed by atoms with E-state index in [9.17, 15) is 14.7 Å². The van der Waals surface area contributed by atoms with E-state index in [2.05, 4.69) is 13.8 Å². The largest absolute Gasteiger partial charge is 0.507 e. The maximum atomic E-state index is 13.4. The second-order valence-corrected chi connectivity index (χ2v) is 9.56. The number of hydrogen-bond acceptors (Lipinski definition) is 5. The van der Waals surface area contributed by atoms with E-state index in [4.69, 9.17) is 21.1 Å². The van der Waals surface area contributed by atoms with Crippen LogP contribution in [0.25, 0.3) is 5.76 Å². The molecule has 1 heterocycles. The van der Waals surface area contributed by atoms with E-state index >= 15 is 0 Å². The molecule has 1 atom stereocenters. The van der Waals surface area contributed by atoms with Crippen molar-refractivity contribution < 1.29 is 24.2 Å². The number of amides is 1. The fourth-order valence-corrected chi connectivity index (χ4v) is 4.34. The molecule has 0 aliphatic carbocycles. The van der Waals surface area contributed by atoms with Crippen molar-refractivity contribution in [1.29, 1.82) is 0 Å². The number of Topliss-reactive ketones (excluding diaryl/α,β-unsaturated/α-hetero) is 1. The molecule has 0 bridgehead atoms. The lowest BCUT2D eigenvalue weighted by Gasteiger charge is -2.26. The first-order valence-corrected chi connectivity index (χ1v) is 12.0. The van der Waals surface area contributed by atoms with Crippen LogP contribution >= 0.6 is 11.6 Å². The van der Waals surface area contributed by atoms with E-state index in [1.165, 1.54) is 18.1 Å². The van der Waals surface area contributed by atoms with E-state index in [1.807, 2.05) is 31.2 Å². The minimum absolute atomic E-state index is 0.0536. The van der Waals surface area contributed by atoms with Crippen LogP contribution in [0.3, 0.4) is 0 Å². The lowest BCUT2D eigenvalue weighted by molar-refractivity contribution is -0.132. The molecule has 1 unspecified atom stereocenters. The molecule has 4 rings (SSSR count). The number of ketones is 1. The van der Waals surface area contributed by atoms with Gasteiger partial charge in [-0.05, 0) is 60.9 Å². The zero-order chi connectivity index (χ0) is 26.0. The standard InChI is InChI=1S/C29H28ClNO5/c1-17(2)16-36-22-7-5-6-19(14-22)26-25(27(32)23-15-20(30)10-13-24(23)35-4)28(33)29(34)31(26)21-11-8-18(3)9-12-21/h5-15,17,26,32H,16H2,1-4H3/b27-25+. The average Bonchev–Trinajstić information content (AvgIpc) is 3.13. The summed E-state index contributed by atoms with van der Waals surface area (Å²) in [6.07, 6.45) is 0. The molecule has 0 radical (unpaired) electrons. The second kappa shape index (κ2) is 10.5. The van der Waals surface area contributed by atoms with Crippen LogP contribution in [-0.4, -0.2) is 30.5 Å².